The minimum absolute atomic E-state index is 1.22. The summed E-state index contributed by atoms with van der Waals surface area (Å²) in [5.74, 6) is 0. The van der Waals surface area contributed by atoms with Gasteiger partial charge in [-0.1, -0.05) is 18.7 Å². The topological polar surface area (TPSA) is 15.8 Å². The van der Waals surface area contributed by atoms with Crippen LogP contribution in [0.1, 0.15) is 23.7 Å². The van der Waals surface area contributed by atoms with Gasteiger partial charge in [-0.3, -0.25) is 0 Å². The lowest BCUT2D eigenvalue weighted by Crippen LogP contribution is -1.82. The first-order valence-electron chi connectivity index (χ1n) is 4.11. The molecule has 64 valence electrons. The monoisotopic (exact) mass is 161 g/mol. The molecule has 0 spiro atoms. The average molecular weight is 161 g/mol. The molecule has 12 heavy (non-hydrogen) atoms. The molecule has 1 aromatic heterocycles. The zero-order valence-electron chi connectivity index (χ0n) is 7.94. The second-order valence-corrected chi connectivity index (χ2v) is 3.06. The summed E-state index contributed by atoms with van der Waals surface area (Å²) >= 11 is 0. The molecule has 0 bridgehead atoms. The number of hydrogen-bond donors (Lipinski definition) is 1. The van der Waals surface area contributed by atoms with Crippen molar-refractivity contribution in [2.45, 2.75) is 20.8 Å². The third kappa shape index (κ3) is 1.50. The van der Waals surface area contributed by atoms with E-state index >= 15 is 0 Å². The van der Waals surface area contributed by atoms with Gasteiger partial charge in [-0.05, 0) is 37.5 Å². The fraction of sp³-hybridized carbons (Fsp3) is 0.273. The Morgan fingerprint density at radius 2 is 2.17 bits per heavy atom. The van der Waals surface area contributed by atoms with Gasteiger partial charge in [0.25, 0.3) is 0 Å². The highest BCUT2D eigenvalue weighted by atomic mass is 14.7. The van der Waals surface area contributed by atoms with E-state index in [0.717, 1.165) is 0 Å². The largest absolute Gasteiger partial charge is 0.361 e. The maximum absolute atomic E-state index is 3.67. The summed E-state index contributed by atoms with van der Waals surface area (Å²) in [5.41, 5.74) is 5.08. The summed E-state index contributed by atoms with van der Waals surface area (Å²) in [4.78, 5) is 3.24. The van der Waals surface area contributed by atoms with Crippen molar-refractivity contribution in [1.82, 2.24) is 4.98 Å². The first-order chi connectivity index (χ1) is 5.66. The molecular formula is C11H15N. The summed E-state index contributed by atoms with van der Waals surface area (Å²) in [6.07, 6.45) is 5.86. The van der Waals surface area contributed by atoms with E-state index < -0.39 is 0 Å². The molecule has 0 radical (unpaired) electrons. The predicted molar refractivity (Wildman–Crippen MR) is 54.1 cm³/mol. The minimum atomic E-state index is 1.22. The summed E-state index contributed by atoms with van der Waals surface area (Å²) in [6.45, 7) is 9.99. The summed E-state index contributed by atoms with van der Waals surface area (Å²) in [6, 6.07) is 0. The SMILES string of the molecule is C=C/C=C(/C)c1[nH]cc(C)c1C. The quantitative estimate of drug-likeness (QED) is 0.641. The van der Waals surface area contributed by atoms with Crippen LogP contribution in [-0.2, 0) is 0 Å². The highest BCUT2D eigenvalue weighted by Gasteiger charge is 2.03. The van der Waals surface area contributed by atoms with Crippen molar-refractivity contribution in [3.05, 3.63) is 41.7 Å². The van der Waals surface area contributed by atoms with E-state index in [9.17, 15) is 0 Å². The van der Waals surface area contributed by atoms with Crippen LogP contribution in [0.25, 0.3) is 5.57 Å². The average Bonchev–Trinajstić information content (AvgIpc) is 2.34. The van der Waals surface area contributed by atoms with Crippen molar-refractivity contribution >= 4 is 5.57 Å². The van der Waals surface area contributed by atoms with Crippen LogP contribution in [0.2, 0.25) is 0 Å². The maximum Gasteiger partial charge on any atom is 0.0442 e. The van der Waals surface area contributed by atoms with Crippen molar-refractivity contribution in [1.29, 1.82) is 0 Å². The molecule has 0 aliphatic carbocycles. The molecule has 1 N–H and O–H groups in total. The van der Waals surface area contributed by atoms with Crippen LogP contribution in [-0.4, -0.2) is 4.98 Å². The van der Waals surface area contributed by atoms with E-state index in [1.807, 2.05) is 18.3 Å². The maximum atomic E-state index is 3.67. The molecule has 0 amide bonds. The second-order valence-electron chi connectivity index (χ2n) is 3.06. The number of aromatic nitrogens is 1. The highest BCUT2D eigenvalue weighted by molar-refractivity contribution is 5.65. The Balaban J connectivity index is 3.11. The van der Waals surface area contributed by atoms with Gasteiger partial charge in [-0.25, -0.2) is 0 Å². The Labute approximate surface area is 73.8 Å². The van der Waals surface area contributed by atoms with E-state index in [0.29, 0.717) is 0 Å². The number of nitrogens with one attached hydrogen (secondary N) is 1. The van der Waals surface area contributed by atoms with Gasteiger partial charge in [0.15, 0.2) is 0 Å². The second kappa shape index (κ2) is 3.44. The van der Waals surface area contributed by atoms with Gasteiger partial charge in [0, 0.05) is 11.9 Å². The predicted octanol–water partition coefficient (Wildman–Crippen LogP) is 3.22. The molecule has 0 aromatic carbocycles. The Morgan fingerprint density at radius 1 is 1.50 bits per heavy atom. The summed E-state index contributed by atoms with van der Waals surface area (Å²) in [5, 5.41) is 0. The number of H-pyrrole nitrogens is 1. The molecule has 0 saturated heterocycles. The molecule has 1 rings (SSSR count). The molecule has 0 aliphatic heterocycles. The summed E-state index contributed by atoms with van der Waals surface area (Å²) in [7, 11) is 0. The van der Waals surface area contributed by atoms with E-state index in [2.05, 4.69) is 32.3 Å². The highest BCUT2D eigenvalue weighted by Crippen LogP contribution is 2.19. The molecule has 1 aromatic rings. The molecule has 0 fully saturated rings. The lowest BCUT2D eigenvalue weighted by molar-refractivity contribution is 1.31. The van der Waals surface area contributed by atoms with Crippen molar-refractivity contribution < 1.29 is 0 Å². The Kier molecular flexibility index (Phi) is 2.54. The van der Waals surface area contributed by atoms with Crippen LogP contribution < -0.4 is 0 Å². The molecule has 0 atom stereocenters. The van der Waals surface area contributed by atoms with Crippen molar-refractivity contribution in [2.75, 3.05) is 0 Å². The Bertz CT molecular complexity index is 316. The molecule has 1 heteroatoms. The van der Waals surface area contributed by atoms with E-state index in [-0.39, 0.29) is 0 Å². The number of allylic oxidation sites excluding steroid dienone is 3. The lowest BCUT2D eigenvalue weighted by atomic mass is 10.1. The van der Waals surface area contributed by atoms with Crippen LogP contribution >= 0.6 is 0 Å². The smallest absolute Gasteiger partial charge is 0.0442 e. The van der Waals surface area contributed by atoms with Crippen LogP contribution in [0.3, 0.4) is 0 Å². The Morgan fingerprint density at radius 3 is 2.58 bits per heavy atom. The van der Waals surface area contributed by atoms with Crippen molar-refractivity contribution in [3.63, 3.8) is 0 Å². The van der Waals surface area contributed by atoms with Gasteiger partial charge < -0.3 is 4.98 Å². The number of aryl methyl sites for hydroxylation is 1. The zero-order chi connectivity index (χ0) is 9.14. The minimum Gasteiger partial charge on any atom is -0.361 e. The molecule has 1 nitrogen and oxygen atoms in total. The van der Waals surface area contributed by atoms with Crippen LogP contribution in [0.5, 0.6) is 0 Å². The molecule has 0 saturated carbocycles. The van der Waals surface area contributed by atoms with Gasteiger partial charge in [-0.2, -0.15) is 0 Å². The molecule has 0 unspecified atom stereocenters. The standard InChI is InChI=1S/C11H15N/c1-5-6-8(2)11-10(4)9(3)7-12-11/h5-7,12H,1H2,2-4H3/b8-6-. The van der Waals surface area contributed by atoms with Gasteiger partial charge >= 0.3 is 0 Å². The third-order valence-corrected chi connectivity index (χ3v) is 2.16. The third-order valence-electron chi connectivity index (χ3n) is 2.16. The van der Waals surface area contributed by atoms with Crippen LogP contribution in [0.15, 0.2) is 24.9 Å². The van der Waals surface area contributed by atoms with Crippen molar-refractivity contribution in [3.8, 4) is 0 Å². The molecular weight excluding hydrogens is 146 g/mol. The number of aromatic amines is 1. The fourth-order valence-corrected chi connectivity index (χ4v) is 1.26. The van der Waals surface area contributed by atoms with E-state index in [1.54, 1.807) is 0 Å². The van der Waals surface area contributed by atoms with Crippen LogP contribution in [0, 0.1) is 13.8 Å². The zero-order valence-corrected chi connectivity index (χ0v) is 7.94. The summed E-state index contributed by atoms with van der Waals surface area (Å²) < 4.78 is 0. The fourth-order valence-electron chi connectivity index (χ4n) is 1.26. The van der Waals surface area contributed by atoms with E-state index in [4.69, 9.17) is 0 Å². The number of rotatable bonds is 2. The van der Waals surface area contributed by atoms with Gasteiger partial charge in [0.05, 0.1) is 0 Å². The number of hydrogen-bond acceptors (Lipinski definition) is 0. The molecule has 0 aliphatic rings. The van der Waals surface area contributed by atoms with Gasteiger partial charge in [-0.15, -0.1) is 0 Å². The lowest BCUT2D eigenvalue weighted by Gasteiger charge is -1.98. The first kappa shape index (κ1) is 8.85. The molecule has 1 heterocycles. The Hall–Kier alpha value is -1.24. The normalized spacial score (nSPS) is 11.8. The van der Waals surface area contributed by atoms with E-state index in [1.165, 1.54) is 22.4 Å². The van der Waals surface area contributed by atoms with Crippen LogP contribution in [0.4, 0.5) is 0 Å². The van der Waals surface area contributed by atoms with Crippen molar-refractivity contribution in [2.24, 2.45) is 0 Å². The van der Waals surface area contributed by atoms with Gasteiger partial charge in [0.2, 0.25) is 0 Å². The first-order valence-corrected chi connectivity index (χ1v) is 4.11. The van der Waals surface area contributed by atoms with Gasteiger partial charge in [0.1, 0.15) is 0 Å².